The van der Waals surface area contributed by atoms with Crippen LogP contribution in [0.2, 0.25) is 0 Å². The predicted molar refractivity (Wildman–Crippen MR) is 98.6 cm³/mol. The van der Waals surface area contributed by atoms with E-state index in [2.05, 4.69) is 38.1 Å². The number of methoxy groups -OCH3 is 2. The van der Waals surface area contributed by atoms with E-state index in [1.807, 2.05) is 24.3 Å². The van der Waals surface area contributed by atoms with E-state index in [0.29, 0.717) is 5.92 Å². The Balaban J connectivity index is 2.42. The molecule has 24 heavy (non-hydrogen) atoms. The molecule has 2 atom stereocenters. The van der Waals surface area contributed by atoms with E-state index in [1.165, 1.54) is 0 Å². The van der Waals surface area contributed by atoms with E-state index in [9.17, 15) is 0 Å². The normalized spacial score (nSPS) is 13.8. The number of hydrogen-bond donors (Lipinski definition) is 2. The zero-order chi connectivity index (χ0) is 17.7. The van der Waals surface area contributed by atoms with Crippen molar-refractivity contribution in [2.75, 3.05) is 14.2 Å². The summed E-state index contributed by atoms with van der Waals surface area (Å²) in [7, 11) is 3.33. The van der Waals surface area contributed by atoms with Crippen molar-refractivity contribution in [3.63, 3.8) is 0 Å². The van der Waals surface area contributed by atoms with Gasteiger partial charge in [-0.25, -0.2) is 0 Å². The molecule has 2 aromatic carbocycles. The summed E-state index contributed by atoms with van der Waals surface area (Å²) in [6, 6.07) is 15.8. The minimum Gasteiger partial charge on any atom is -0.497 e. The van der Waals surface area contributed by atoms with E-state index >= 15 is 0 Å². The summed E-state index contributed by atoms with van der Waals surface area (Å²) in [5.41, 5.74) is 15.2. The van der Waals surface area contributed by atoms with Crippen LogP contribution in [-0.2, 0) is 0 Å². The molecule has 2 unspecified atom stereocenters. The molecule has 0 aliphatic carbocycles. The zero-order valence-corrected chi connectivity index (χ0v) is 14.9. The Morgan fingerprint density at radius 2 is 1.04 bits per heavy atom. The minimum atomic E-state index is -0.188. The Morgan fingerprint density at radius 1 is 0.667 bits per heavy atom. The molecule has 4 N–H and O–H groups in total. The van der Waals surface area contributed by atoms with Gasteiger partial charge in [0.1, 0.15) is 11.5 Å². The van der Waals surface area contributed by atoms with Crippen molar-refractivity contribution in [3.8, 4) is 11.5 Å². The lowest BCUT2D eigenvalue weighted by atomic mass is 9.79. The van der Waals surface area contributed by atoms with Crippen molar-refractivity contribution in [2.24, 2.45) is 17.4 Å². The molecule has 2 aromatic rings. The third-order valence-electron chi connectivity index (χ3n) is 4.55. The highest BCUT2D eigenvalue weighted by Gasteiger charge is 2.28. The summed E-state index contributed by atoms with van der Waals surface area (Å²) in [6.07, 6.45) is 0. The summed E-state index contributed by atoms with van der Waals surface area (Å²) in [6.45, 7) is 4.20. The molecule has 4 heteroatoms. The highest BCUT2D eigenvalue weighted by atomic mass is 16.5. The van der Waals surface area contributed by atoms with Gasteiger partial charge in [0.15, 0.2) is 0 Å². The SMILES string of the molecule is COc1ccc(C(c2ccc(OC)cc2)C(N)C(N)C(C)C)cc1. The Bertz CT molecular complexity index is 576. The van der Waals surface area contributed by atoms with Crippen molar-refractivity contribution in [1.29, 1.82) is 0 Å². The van der Waals surface area contributed by atoms with Crippen LogP contribution in [0.15, 0.2) is 48.5 Å². The van der Waals surface area contributed by atoms with Gasteiger partial charge in [0, 0.05) is 18.0 Å². The summed E-state index contributed by atoms with van der Waals surface area (Å²) in [4.78, 5) is 0. The Kier molecular flexibility index (Phi) is 6.23. The largest absolute Gasteiger partial charge is 0.497 e. The second-order valence-electron chi connectivity index (χ2n) is 6.42. The maximum absolute atomic E-state index is 6.58. The summed E-state index contributed by atoms with van der Waals surface area (Å²) in [5, 5.41) is 0. The first-order valence-electron chi connectivity index (χ1n) is 8.27. The standard InChI is InChI=1S/C20H28N2O2/c1-13(2)19(21)20(22)18(14-5-9-16(23-3)10-6-14)15-7-11-17(24-4)12-8-15/h5-13,18-20H,21-22H2,1-4H3. The highest BCUT2D eigenvalue weighted by molar-refractivity contribution is 5.40. The molecule has 0 aromatic heterocycles. The second-order valence-corrected chi connectivity index (χ2v) is 6.42. The topological polar surface area (TPSA) is 70.5 Å². The fourth-order valence-electron chi connectivity index (χ4n) is 2.93. The van der Waals surface area contributed by atoms with Crippen molar-refractivity contribution in [3.05, 3.63) is 59.7 Å². The molecule has 0 amide bonds. The fraction of sp³-hybridized carbons (Fsp3) is 0.400. The molecule has 0 aliphatic rings. The van der Waals surface area contributed by atoms with Gasteiger partial charge in [0.2, 0.25) is 0 Å². The first kappa shape index (κ1) is 18.3. The van der Waals surface area contributed by atoms with E-state index in [4.69, 9.17) is 20.9 Å². The molecule has 0 fully saturated rings. The van der Waals surface area contributed by atoms with Gasteiger partial charge in [-0.3, -0.25) is 0 Å². The maximum atomic E-state index is 6.58. The van der Waals surface area contributed by atoms with Crippen LogP contribution in [0, 0.1) is 5.92 Å². The van der Waals surface area contributed by atoms with E-state index < -0.39 is 0 Å². The monoisotopic (exact) mass is 328 g/mol. The van der Waals surface area contributed by atoms with Crippen LogP contribution < -0.4 is 20.9 Å². The van der Waals surface area contributed by atoms with Crippen LogP contribution in [0.4, 0.5) is 0 Å². The summed E-state index contributed by atoms with van der Waals surface area (Å²) >= 11 is 0. The smallest absolute Gasteiger partial charge is 0.118 e. The Morgan fingerprint density at radius 3 is 1.33 bits per heavy atom. The quantitative estimate of drug-likeness (QED) is 0.819. The molecule has 130 valence electrons. The zero-order valence-electron chi connectivity index (χ0n) is 14.9. The van der Waals surface area contributed by atoms with Crippen molar-refractivity contribution < 1.29 is 9.47 Å². The number of hydrogen-bond acceptors (Lipinski definition) is 4. The van der Waals surface area contributed by atoms with Crippen molar-refractivity contribution >= 4 is 0 Å². The molecule has 4 nitrogen and oxygen atoms in total. The third kappa shape index (κ3) is 4.08. The van der Waals surface area contributed by atoms with Crippen LogP contribution in [0.1, 0.15) is 30.9 Å². The van der Waals surface area contributed by atoms with E-state index in [-0.39, 0.29) is 18.0 Å². The first-order valence-corrected chi connectivity index (χ1v) is 8.27. The third-order valence-corrected chi connectivity index (χ3v) is 4.55. The number of benzene rings is 2. The lowest BCUT2D eigenvalue weighted by Gasteiger charge is -2.32. The van der Waals surface area contributed by atoms with Crippen LogP contribution in [0.5, 0.6) is 11.5 Å². The highest BCUT2D eigenvalue weighted by Crippen LogP contribution is 2.31. The molecule has 0 saturated heterocycles. The molecular formula is C20H28N2O2. The Hall–Kier alpha value is -2.04. The molecular weight excluding hydrogens is 300 g/mol. The number of rotatable bonds is 7. The van der Waals surface area contributed by atoms with Gasteiger partial charge in [0.25, 0.3) is 0 Å². The predicted octanol–water partition coefficient (Wildman–Crippen LogP) is 3.15. The molecule has 2 rings (SSSR count). The molecule has 0 aliphatic heterocycles. The van der Waals surface area contributed by atoms with Gasteiger partial charge in [-0.15, -0.1) is 0 Å². The second kappa shape index (κ2) is 8.18. The van der Waals surface area contributed by atoms with Crippen molar-refractivity contribution in [2.45, 2.75) is 31.8 Å². The summed E-state index contributed by atoms with van der Waals surface area (Å²) < 4.78 is 10.5. The van der Waals surface area contributed by atoms with Gasteiger partial charge in [0.05, 0.1) is 14.2 Å². The van der Waals surface area contributed by atoms with Gasteiger partial charge < -0.3 is 20.9 Å². The first-order chi connectivity index (χ1) is 11.5. The van der Waals surface area contributed by atoms with Crippen molar-refractivity contribution in [1.82, 2.24) is 0 Å². The molecule has 0 radical (unpaired) electrons. The number of nitrogens with two attached hydrogens (primary N) is 2. The minimum absolute atomic E-state index is 0.0132. The van der Waals surface area contributed by atoms with E-state index in [1.54, 1.807) is 14.2 Å². The Labute approximate surface area is 144 Å². The van der Waals surface area contributed by atoms with Crippen LogP contribution in [0.3, 0.4) is 0 Å². The van der Waals surface area contributed by atoms with Crippen LogP contribution in [0.25, 0.3) is 0 Å². The van der Waals surface area contributed by atoms with Gasteiger partial charge in [-0.1, -0.05) is 38.1 Å². The average molecular weight is 328 g/mol. The molecule has 0 bridgehead atoms. The molecule has 0 saturated carbocycles. The number of ether oxygens (including phenoxy) is 2. The average Bonchev–Trinajstić information content (AvgIpc) is 2.62. The fourth-order valence-corrected chi connectivity index (χ4v) is 2.93. The molecule has 0 heterocycles. The van der Waals surface area contributed by atoms with Gasteiger partial charge >= 0.3 is 0 Å². The lowest BCUT2D eigenvalue weighted by molar-refractivity contribution is 0.388. The van der Waals surface area contributed by atoms with Gasteiger partial charge in [-0.2, -0.15) is 0 Å². The molecule has 0 spiro atoms. The lowest BCUT2D eigenvalue weighted by Crippen LogP contribution is -2.48. The maximum Gasteiger partial charge on any atom is 0.118 e. The van der Waals surface area contributed by atoms with Gasteiger partial charge in [-0.05, 0) is 41.3 Å². The van der Waals surface area contributed by atoms with Crippen LogP contribution in [-0.4, -0.2) is 26.3 Å². The van der Waals surface area contributed by atoms with E-state index in [0.717, 1.165) is 22.6 Å². The van der Waals surface area contributed by atoms with Crippen LogP contribution >= 0.6 is 0 Å². The summed E-state index contributed by atoms with van der Waals surface area (Å²) in [5.74, 6) is 1.97.